The number of hydrogen-bond acceptors (Lipinski definition) is 9. The second-order valence-corrected chi connectivity index (χ2v) is 26.0. The second-order valence-electron chi connectivity index (χ2n) is 20.0. The number of carboxylic acids is 1. The molecular formula is C53H60F3N7O6SSi. The molecule has 13 nitrogen and oxygen atoms in total. The largest absolute Gasteiger partial charge is 0.480 e. The molecule has 3 N–H and O–H groups in total. The van der Waals surface area contributed by atoms with Crippen molar-refractivity contribution in [3.8, 4) is 11.1 Å². The van der Waals surface area contributed by atoms with Gasteiger partial charge < -0.3 is 19.4 Å². The van der Waals surface area contributed by atoms with Crippen LogP contribution in [0.3, 0.4) is 0 Å². The van der Waals surface area contributed by atoms with Crippen LogP contribution in [0.5, 0.6) is 0 Å². The Morgan fingerprint density at radius 3 is 2.15 bits per heavy atom. The lowest BCUT2D eigenvalue weighted by molar-refractivity contribution is -0.138. The molecule has 0 aliphatic carbocycles. The van der Waals surface area contributed by atoms with E-state index < -0.39 is 65.9 Å². The van der Waals surface area contributed by atoms with Gasteiger partial charge in [-0.3, -0.25) is 24.1 Å². The van der Waals surface area contributed by atoms with Gasteiger partial charge >= 0.3 is 16.2 Å². The number of carbonyl (C=O) groups excluding carboxylic acids is 1. The van der Waals surface area contributed by atoms with Crippen LogP contribution in [0, 0.1) is 17.6 Å². The summed E-state index contributed by atoms with van der Waals surface area (Å²) in [5, 5.41) is 12.0. The van der Waals surface area contributed by atoms with Crippen LogP contribution in [0.25, 0.3) is 22.2 Å². The van der Waals surface area contributed by atoms with Crippen LogP contribution >= 0.6 is 0 Å². The summed E-state index contributed by atoms with van der Waals surface area (Å²) >= 11 is 0. The van der Waals surface area contributed by atoms with E-state index >= 15 is 8.78 Å². The highest BCUT2D eigenvalue weighted by Crippen LogP contribution is 2.38. The number of halogens is 3. The van der Waals surface area contributed by atoms with Crippen LogP contribution in [0.15, 0.2) is 116 Å². The highest BCUT2D eigenvalue weighted by molar-refractivity contribution is 7.90. The molecule has 2 atom stereocenters. The fraction of sp³-hybridized carbons (Fsp3) is 0.377. The predicted octanol–water partition coefficient (Wildman–Crippen LogP) is 7.30. The number of anilines is 2. The zero-order valence-electron chi connectivity index (χ0n) is 40.2. The summed E-state index contributed by atoms with van der Waals surface area (Å²) in [4.78, 5) is 39.9. The zero-order valence-corrected chi connectivity index (χ0v) is 42.0. The van der Waals surface area contributed by atoms with Crippen molar-refractivity contribution in [1.29, 1.82) is 0 Å². The molecule has 2 aromatic heterocycles. The maximum Gasteiger partial charge on any atom is 0.317 e. The molecule has 3 saturated heterocycles. The molecule has 3 aliphatic rings. The van der Waals surface area contributed by atoms with Crippen molar-refractivity contribution >= 4 is 63.1 Å². The van der Waals surface area contributed by atoms with E-state index in [0.29, 0.717) is 35.7 Å². The van der Waals surface area contributed by atoms with Gasteiger partial charge in [0.15, 0.2) is 5.82 Å². The third-order valence-electron chi connectivity index (χ3n) is 14.4. The summed E-state index contributed by atoms with van der Waals surface area (Å²) in [7, 11) is -7.24. The molecule has 3 aliphatic heterocycles. The minimum atomic E-state index is -4.38. The fourth-order valence-corrected chi connectivity index (χ4v) is 16.5. The molecule has 3 fully saturated rings. The average Bonchev–Trinajstić information content (AvgIpc) is 4.00. The molecule has 9 rings (SSSR count). The number of H-pyrrole nitrogens is 1. The van der Waals surface area contributed by atoms with E-state index in [-0.39, 0.29) is 36.2 Å². The van der Waals surface area contributed by atoms with Crippen LogP contribution in [0.4, 0.5) is 24.5 Å². The van der Waals surface area contributed by atoms with Crippen molar-refractivity contribution in [2.45, 2.75) is 57.3 Å². The van der Waals surface area contributed by atoms with E-state index in [9.17, 15) is 27.5 Å². The SMILES string of the molecule is CC(C)(C)[Si](OC[C@@H]1CN(c2ccc(-c3cnc4[nH]cc(C(=O)c5c(F)ccc(NS(=O)(=O)N6CC[C@@H](F)C6)c5F)c4c3)cc2)CCN1CC1CCN(CC(=O)O)CC1)(c1ccccc1)c1ccccc1. The van der Waals surface area contributed by atoms with Crippen molar-refractivity contribution in [2.75, 3.05) is 75.1 Å². The van der Waals surface area contributed by atoms with E-state index in [2.05, 4.69) is 106 Å². The first-order valence-corrected chi connectivity index (χ1v) is 27.6. The number of aromatic nitrogens is 2. The lowest BCUT2D eigenvalue weighted by Gasteiger charge is -2.48. The number of aliphatic carboxylic acids is 1. The molecule has 0 radical (unpaired) electrons. The predicted molar refractivity (Wildman–Crippen MR) is 273 cm³/mol. The van der Waals surface area contributed by atoms with Gasteiger partial charge in [-0.05, 0) is 89.6 Å². The standard InChI is InChI=1S/C53H60F3N7O6SSi/c1-53(2,3)71(42-10-6-4-7-11-42,43-12-8-5-9-13-43)69-35-41-33-62(27-26-61(41)31-36-20-23-60(24-21-36)34-48(64)65)40-16-14-37(15-17-40)38-28-44-45(30-58-52(44)57-29-38)51(66)49-46(55)18-19-47(50(49)56)59-70(67,68)63-25-22-39(54)32-63/h4-19,28-30,36,39,41,59H,20-27,31-35H2,1-3H3,(H,57,58)(H,64,65)/t39-,41+/m1/s1. The number of carbonyl (C=O) groups is 2. The highest BCUT2D eigenvalue weighted by atomic mass is 32.2. The Kier molecular flexibility index (Phi) is 14.6. The van der Waals surface area contributed by atoms with Gasteiger partial charge in [0.2, 0.25) is 5.78 Å². The number of benzene rings is 4. The van der Waals surface area contributed by atoms with Gasteiger partial charge in [-0.2, -0.15) is 12.7 Å². The number of pyridine rings is 1. The minimum absolute atomic E-state index is 0.00240. The van der Waals surface area contributed by atoms with Crippen molar-refractivity contribution in [2.24, 2.45) is 5.92 Å². The summed E-state index contributed by atoms with van der Waals surface area (Å²) in [5.41, 5.74) is 1.16. The maximum atomic E-state index is 16.0. The van der Waals surface area contributed by atoms with E-state index in [0.717, 1.165) is 73.3 Å². The molecule has 0 saturated carbocycles. The number of hydrogen-bond donors (Lipinski definition) is 3. The lowest BCUT2D eigenvalue weighted by Crippen LogP contribution is -2.68. The molecule has 374 valence electrons. The first kappa shape index (κ1) is 50.1. The molecule has 0 unspecified atom stereocenters. The number of rotatable bonds is 16. The number of nitrogens with zero attached hydrogens (tertiary/aromatic N) is 5. The first-order valence-electron chi connectivity index (χ1n) is 24.2. The minimum Gasteiger partial charge on any atom is -0.480 e. The number of piperidine rings is 1. The quantitative estimate of drug-likeness (QED) is 0.0666. The number of aromatic amines is 1. The molecule has 18 heteroatoms. The number of likely N-dealkylation sites (tertiary alicyclic amines) is 1. The Hall–Kier alpha value is -5.89. The van der Waals surface area contributed by atoms with Crippen molar-refractivity contribution in [1.82, 2.24) is 24.1 Å². The molecule has 5 heterocycles. The van der Waals surface area contributed by atoms with Crippen molar-refractivity contribution in [3.05, 3.63) is 138 Å². The smallest absolute Gasteiger partial charge is 0.317 e. The van der Waals surface area contributed by atoms with Crippen LogP contribution in [0.2, 0.25) is 5.04 Å². The topological polar surface area (TPSA) is 151 Å². The Bertz CT molecular complexity index is 2930. The van der Waals surface area contributed by atoms with Gasteiger partial charge in [-0.1, -0.05) is 93.6 Å². The van der Waals surface area contributed by atoms with Gasteiger partial charge in [-0.15, -0.1) is 0 Å². The molecule has 4 aromatic carbocycles. The summed E-state index contributed by atoms with van der Waals surface area (Å²) in [6.07, 6.45) is 3.49. The van der Waals surface area contributed by atoms with Crippen LogP contribution in [0.1, 0.15) is 56.0 Å². The van der Waals surface area contributed by atoms with E-state index in [1.165, 1.54) is 16.6 Å². The molecule has 0 bridgehead atoms. The van der Waals surface area contributed by atoms with Gasteiger partial charge in [-0.25, -0.2) is 18.2 Å². The molecule has 0 spiro atoms. The summed E-state index contributed by atoms with van der Waals surface area (Å²) in [6, 6.07) is 32.9. The number of fused-ring (bicyclic) bond motifs is 1. The van der Waals surface area contributed by atoms with Crippen LogP contribution in [-0.2, 0) is 19.4 Å². The number of ketones is 1. The van der Waals surface area contributed by atoms with Crippen LogP contribution < -0.4 is 20.0 Å². The summed E-state index contributed by atoms with van der Waals surface area (Å²) in [6.45, 7) is 11.7. The van der Waals surface area contributed by atoms with Gasteiger partial charge in [0.05, 0.1) is 24.4 Å². The van der Waals surface area contributed by atoms with E-state index in [1.807, 2.05) is 29.2 Å². The van der Waals surface area contributed by atoms with E-state index in [4.69, 9.17) is 4.43 Å². The Morgan fingerprint density at radius 2 is 1.54 bits per heavy atom. The Balaban J connectivity index is 0.959. The number of piperazine rings is 1. The summed E-state index contributed by atoms with van der Waals surface area (Å²) < 4.78 is 81.4. The first-order chi connectivity index (χ1) is 34.0. The average molecular weight is 1010 g/mol. The van der Waals surface area contributed by atoms with Gasteiger partial charge in [0.25, 0.3) is 8.32 Å². The zero-order chi connectivity index (χ0) is 50.1. The maximum absolute atomic E-state index is 16.0. The summed E-state index contributed by atoms with van der Waals surface area (Å²) in [5.74, 6) is -3.94. The van der Waals surface area contributed by atoms with Crippen LogP contribution in [-0.4, -0.2) is 135 Å². The van der Waals surface area contributed by atoms with Gasteiger partial charge in [0, 0.05) is 79.9 Å². The number of carboxylic acid groups (broad SMARTS) is 1. The van der Waals surface area contributed by atoms with Crippen molar-refractivity contribution in [3.63, 3.8) is 0 Å². The second kappa shape index (κ2) is 20.7. The molecular weight excluding hydrogens is 948 g/mol. The normalized spacial score (nSPS) is 19.1. The van der Waals surface area contributed by atoms with E-state index in [1.54, 1.807) is 12.3 Å². The Morgan fingerprint density at radius 1 is 0.859 bits per heavy atom. The Labute approximate surface area is 413 Å². The lowest BCUT2D eigenvalue weighted by atomic mass is 9.95. The van der Waals surface area contributed by atoms with Crippen molar-refractivity contribution < 1.29 is 40.7 Å². The fourth-order valence-electron chi connectivity index (χ4n) is 10.7. The highest BCUT2D eigenvalue weighted by Gasteiger charge is 2.51. The monoisotopic (exact) mass is 1010 g/mol. The third-order valence-corrected chi connectivity index (χ3v) is 20.9. The molecule has 0 amide bonds. The number of nitrogens with one attached hydrogen (secondary N) is 2. The molecule has 6 aromatic rings. The third kappa shape index (κ3) is 10.5. The number of alkyl halides is 1. The van der Waals surface area contributed by atoms with Gasteiger partial charge in [0.1, 0.15) is 17.6 Å². The molecule has 71 heavy (non-hydrogen) atoms.